The Kier molecular flexibility index (Phi) is 11.4. The summed E-state index contributed by atoms with van der Waals surface area (Å²) in [6.45, 7) is 4.08. The van der Waals surface area contributed by atoms with Crippen molar-refractivity contribution in [1.29, 1.82) is 0 Å². The lowest BCUT2D eigenvalue weighted by Crippen LogP contribution is -2.42. The van der Waals surface area contributed by atoms with Gasteiger partial charge in [0.1, 0.15) is 12.1 Å². The molecule has 0 saturated carbocycles. The smallest absolute Gasteiger partial charge is 0.407 e. The molecule has 2 aromatic rings. The monoisotopic (exact) mass is 430 g/mol. The van der Waals surface area contributed by atoms with Crippen LogP contribution in [-0.2, 0) is 27.2 Å². The van der Waals surface area contributed by atoms with Crippen molar-refractivity contribution in [3.63, 3.8) is 0 Å². The van der Waals surface area contributed by atoms with Gasteiger partial charge in [-0.3, -0.25) is 4.79 Å². The lowest BCUT2D eigenvalue weighted by Gasteiger charge is -2.15. The molecule has 0 aliphatic carbocycles. The number of nitrogens with two attached hydrogens (primary N) is 1. The maximum Gasteiger partial charge on any atom is 0.407 e. The molecule has 0 bridgehead atoms. The van der Waals surface area contributed by atoms with E-state index in [0.29, 0.717) is 6.42 Å². The molecule has 1 amide bonds. The predicted octanol–water partition coefficient (Wildman–Crippen LogP) is 2.71. The van der Waals surface area contributed by atoms with E-state index in [-0.39, 0.29) is 18.9 Å². The predicted molar refractivity (Wildman–Crippen MR) is 117 cm³/mol. The van der Waals surface area contributed by atoms with Crippen molar-refractivity contribution in [2.45, 2.75) is 38.8 Å². The molecule has 0 heterocycles. The zero-order valence-electron chi connectivity index (χ0n) is 17.7. The largest absolute Gasteiger partial charge is 0.480 e. The van der Waals surface area contributed by atoms with Crippen molar-refractivity contribution < 1.29 is 29.3 Å². The van der Waals surface area contributed by atoms with Crippen LogP contribution < -0.4 is 11.1 Å². The minimum atomic E-state index is -1.08. The number of carbonyl (C=O) groups excluding carboxylic acids is 1. The van der Waals surface area contributed by atoms with Crippen molar-refractivity contribution in [3.05, 3.63) is 71.8 Å². The quantitative estimate of drug-likeness (QED) is 0.480. The molecule has 168 valence electrons. The molecule has 0 aliphatic heterocycles. The van der Waals surface area contributed by atoms with E-state index in [9.17, 15) is 14.4 Å². The van der Waals surface area contributed by atoms with E-state index in [1.807, 2.05) is 74.5 Å². The van der Waals surface area contributed by atoms with E-state index >= 15 is 0 Å². The summed E-state index contributed by atoms with van der Waals surface area (Å²) in [5.74, 6) is -1.83. The molecular weight excluding hydrogens is 400 g/mol. The molecule has 0 radical (unpaired) electrons. The molecule has 2 atom stereocenters. The standard InChI is InChI=1S/C14H19NO4.C9H11NO2/c1-10(2)9-19-14(18)15-12(13(16)17)8-11-6-4-3-5-7-11;10-8(9(11)12)6-7-4-2-1-3-5-7/h3-7,10,12H,8-9H2,1-2H3,(H,15,18)(H,16,17);1-5,8H,6,10H2,(H,11,12)/t;8-/m.0/s1. The van der Waals surface area contributed by atoms with E-state index in [4.69, 9.17) is 20.7 Å². The average molecular weight is 431 g/mol. The number of hydrogen-bond donors (Lipinski definition) is 4. The Hall–Kier alpha value is -3.39. The van der Waals surface area contributed by atoms with Gasteiger partial charge in [-0.2, -0.15) is 0 Å². The Morgan fingerprint density at radius 1 is 0.871 bits per heavy atom. The molecule has 2 rings (SSSR count). The zero-order valence-corrected chi connectivity index (χ0v) is 17.7. The number of alkyl carbamates (subject to hydrolysis) is 1. The first-order chi connectivity index (χ1) is 14.7. The minimum absolute atomic E-state index is 0.211. The molecule has 5 N–H and O–H groups in total. The first kappa shape index (κ1) is 25.6. The van der Waals surface area contributed by atoms with Crippen molar-refractivity contribution in [2.75, 3.05) is 6.61 Å². The summed E-state index contributed by atoms with van der Waals surface area (Å²) in [4.78, 5) is 32.9. The molecule has 0 spiro atoms. The van der Waals surface area contributed by atoms with Gasteiger partial charge in [0, 0.05) is 6.42 Å². The third-order valence-electron chi connectivity index (χ3n) is 4.04. The van der Waals surface area contributed by atoms with Crippen LogP contribution in [-0.4, -0.2) is 46.9 Å². The third-order valence-corrected chi connectivity index (χ3v) is 4.04. The van der Waals surface area contributed by atoms with Gasteiger partial charge in [-0.15, -0.1) is 0 Å². The molecule has 8 nitrogen and oxygen atoms in total. The van der Waals surface area contributed by atoms with E-state index in [0.717, 1.165) is 11.1 Å². The molecule has 8 heteroatoms. The molecule has 0 aromatic heterocycles. The number of carboxylic acid groups (broad SMARTS) is 2. The molecule has 2 aromatic carbocycles. The normalized spacial score (nSPS) is 12.1. The second kappa shape index (κ2) is 13.8. The highest BCUT2D eigenvalue weighted by molar-refractivity contribution is 5.80. The van der Waals surface area contributed by atoms with Crippen LogP contribution in [0.15, 0.2) is 60.7 Å². The lowest BCUT2D eigenvalue weighted by molar-refractivity contribution is -0.139. The Bertz CT molecular complexity index is 811. The number of ether oxygens (including phenoxy) is 1. The molecule has 0 saturated heterocycles. The first-order valence-electron chi connectivity index (χ1n) is 9.91. The molecule has 31 heavy (non-hydrogen) atoms. The van der Waals surface area contributed by atoms with Crippen LogP contribution in [0.25, 0.3) is 0 Å². The van der Waals surface area contributed by atoms with Gasteiger partial charge < -0.3 is 26.0 Å². The first-order valence-corrected chi connectivity index (χ1v) is 9.91. The van der Waals surface area contributed by atoms with Gasteiger partial charge >= 0.3 is 18.0 Å². The van der Waals surface area contributed by atoms with Gasteiger partial charge in [0.2, 0.25) is 0 Å². The van der Waals surface area contributed by atoms with Crippen LogP contribution in [0.2, 0.25) is 0 Å². The molecule has 0 aliphatic rings. The van der Waals surface area contributed by atoms with Crippen LogP contribution in [0.4, 0.5) is 4.79 Å². The van der Waals surface area contributed by atoms with Crippen molar-refractivity contribution >= 4 is 18.0 Å². The molecule has 0 fully saturated rings. The summed E-state index contributed by atoms with van der Waals surface area (Å²) >= 11 is 0. The number of amides is 1. The summed E-state index contributed by atoms with van der Waals surface area (Å²) in [5, 5.41) is 20.0. The van der Waals surface area contributed by atoms with Crippen LogP contribution in [0.5, 0.6) is 0 Å². The number of nitrogens with one attached hydrogen (secondary N) is 1. The molecular formula is C23H30N2O6. The fourth-order valence-electron chi connectivity index (χ4n) is 2.43. The second-order valence-corrected chi connectivity index (χ2v) is 7.35. The summed E-state index contributed by atoms with van der Waals surface area (Å²) in [5.41, 5.74) is 7.15. The Balaban J connectivity index is 0.000000343. The average Bonchev–Trinajstić information content (AvgIpc) is 2.73. The number of hydrogen-bond acceptors (Lipinski definition) is 5. The topological polar surface area (TPSA) is 139 Å². The summed E-state index contributed by atoms with van der Waals surface area (Å²) < 4.78 is 4.91. The minimum Gasteiger partial charge on any atom is -0.480 e. The van der Waals surface area contributed by atoms with Gasteiger partial charge in [-0.05, 0) is 23.5 Å². The van der Waals surface area contributed by atoms with Crippen molar-refractivity contribution in [3.8, 4) is 0 Å². The van der Waals surface area contributed by atoms with Gasteiger partial charge in [0.25, 0.3) is 0 Å². The van der Waals surface area contributed by atoms with E-state index in [1.165, 1.54) is 0 Å². The Morgan fingerprint density at radius 3 is 1.77 bits per heavy atom. The van der Waals surface area contributed by atoms with Gasteiger partial charge in [0.05, 0.1) is 6.61 Å². The van der Waals surface area contributed by atoms with Crippen LogP contribution in [0.1, 0.15) is 25.0 Å². The highest BCUT2D eigenvalue weighted by atomic mass is 16.5. The van der Waals surface area contributed by atoms with E-state index in [2.05, 4.69) is 5.32 Å². The van der Waals surface area contributed by atoms with Gasteiger partial charge in [0.15, 0.2) is 0 Å². The van der Waals surface area contributed by atoms with Crippen LogP contribution in [0, 0.1) is 5.92 Å². The summed E-state index contributed by atoms with van der Waals surface area (Å²) in [6, 6.07) is 16.7. The Morgan fingerprint density at radius 2 is 1.35 bits per heavy atom. The number of aliphatic carboxylic acids is 2. The fourth-order valence-corrected chi connectivity index (χ4v) is 2.43. The number of benzene rings is 2. The summed E-state index contributed by atoms with van der Waals surface area (Å²) in [6.07, 6.45) is -0.0830. The van der Waals surface area contributed by atoms with Crippen LogP contribution in [0.3, 0.4) is 0 Å². The van der Waals surface area contributed by atoms with Gasteiger partial charge in [-0.1, -0.05) is 74.5 Å². The highest BCUT2D eigenvalue weighted by Gasteiger charge is 2.21. The number of rotatable bonds is 9. The van der Waals surface area contributed by atoms with Crippen molar-refractivity contribution in [2.24, 2.45) is 11.7 Å². The maximum atomic E-state index is 11.5. The second-order valence-electron chi connectivity index (χ2n) is 7.35. The van der Waals surface area contributed by atoms with Crippen molar-refractivity contribution in [1.82, 2.24) is 5.32 Å². The SMILES string of the molecule is CC(C)COC(=O)NC(Cc1ccccc1)C(=O)O.N[C@@H](Cc1ccccc1)C(=O)O. The fraction of sp³-hybridized carbons (Fsp3) is 0.348. The van der Waals surface area contributed by atoms with Crippen LogP contribution >= 0.6 is 0 Å². The third kappa shape index (κ3) is 11.4. The summed E-state index contributed by atoms with van der Waals surface area (Å²) in [7, 11) is 0. The maximum absolute atomic E-state index is 11.5. The van der Waals surface area contributed by atoms with E-state index < -0.39 is 30.1 Å². The lowest BCUT2D eigenvalue weighted by atomic mass is 10.1. The van der Waals surface area contributed by atoms with Gasteiger partial charge in [-0.25, -0.2) is 9.59 Å². The molecule has 1 unspecified atom stereocenters. The number of carbonyl (C=O) groups is 3. The van der Waals surface area contributed by atoms with E-state index in [1.54, 1.807) is 0 Å². The Labute approximate surface area is 182 Å². The zero-order chi connectivity index (χ0) is 23.2. The number of carboxylic acids is 2. The highest BCUT2D eigenvalue weighted by Crippen LogP contribution is 2.04.